The fourth-order valence-electron chi connectivity index (χ4n) is 3.41. The van der Waals surface area contributed by atoms with Gasteiger partial charge >= 0.3 is 0 Å². The Balaban J connectivity index is 1.37. The quantitative estimate of drug-likeness (QED) is 0.766. The van der Waals surface area contributed by atoms with Crippen molar-refractivity contribution in [3.8, 4) is 11.1 Å². The summed E-state index contributed by atoms with van der Waals surface area (Å²) in [5.74, 6) is -0.0189. The number of H-pyrrole nitrogens is 1. The lowest BCUT2D eigenvalue weighted by Gasteiger charge is -2.29. The Morgan fingerprint density at radius 2 is 2.08 bits per heavy atom. The van der Waals surface area contributed by atoms with Gasteiger partial charge in [-0.1, -0.05) is 12.1 Å². The lowest BCUT2D eigenvalue weighted by atomic mass is 9.91. The molecule has 4 rings (SSSR count). The van der Waals surface area contributed by atoms with Crippen molar-refractivity contribution in [3.63, 3.8) is 0 Å². The van der Waals surface area contributed by atoms with E-state index in [0.29, 0.717) is 11.6 Å². The summed E-state index contributed by atoms with van der Waals surface area (Å²) in [4.78, 5) is 16.6. The number of amides is 1. The molecule has 1 aliphatic carbocycles. The molecule has 7 heteroatoms. The van der Waals surface area contributed by atoms with E-state index < -0.39 is 0 Å². The van der Waals surface area contributed by atoms with E-state index in [1.807, 2.05) is 35.1 Å². The number of carbonyl (C=O) groups is 1. The normalized spacial score (nSPS) is 20.3. The summed E-state index contributed by atoms with van der Waals surface area (Å²) in [5, 5.41) is 14.1. The van der Waals surface area contributed by atoms with Crippen LogP contribution in [0.3, 0.4) is 0 Å². The molecule has 3 aromatic rings. The first-order valence-electron chi connectivity index (χ1n) is 8.54. The van der Waals surface area contributed by atoms with E-state index in [2.05, 4.69) is 25.6 Å². The predicted octanol–water partition coefficient (Wildman–Crippen LogP) is 2.58. The molecule has 2 heterocycles. The summed E-state index contributed by atoms with van der Waals surface area (Å²) >= 11 is 0. The topological polar surface area (TPSA) is 88.5 Å². The van der Waals surface area contributed by atoms with Gasteiger partial charge in [0.1, 0.15) is 12.7 Å². The molecule has 0 radical (unpaired) electrons. The number of rotatable bonds is 4. The minimum absolute atomic E-state index is 0.0189. The SMILES string of the molecule is O=C(NC1CCC(n2cncn2)CC1)c1cccc(-c2cn[nH]c2)c1. The molecular weight excluding hydrogens is 316 g/mol. The highest BCUT2D eigenvalue weighted by Gasteiger charge is 2.24. The average Bonchev–Trinajstić information content (AvgIpc) is 3.36. The maximum absolute atomic E-state index is 12.6. The highest BCUT2D eigenvalue weighted by atomic mass is 16.1. The number of benzene rings is 1. The van der Waals surface area contributed by atoms with Crippen molar-refractivity contribution < 1.29 is 4.79 Å². The van der Waals surface area contributed by atoms with Crippen LogP contribution in [0.25, 0.3) is 11.1 Å². The van der Waals surface area contributed by atoms with Crippen LogP contribution in [0.4, 0.5) is 0 Å². The van der Waals surface area contributed by atoms with Crippen molar-refractivity contribution in [3.05, 3.63) is 54.9 Å². The summed E-state index contributed by atoms with van der Waals surface area (Å²) < 4.78 is 1.92. The third-order valence-electron chi connectivity index (χ3n) is 4.80. The third-order valence-corrected chi connectivity index (χ3v) is 4.80. The van der Waals surface area contributed by atoms with Crippen LogP contribution in [0.15, 0.2) is 49.3 Å². The van der Waals surface area contributed by atoms with Crippen molar-refractivity contribution in [1.82, 2.24) is 30.3 Å². The second kappa shape index (κ2) is 6.88. The minimum atomic E-state index is -0.0189. The zero-order chi connectivity index (χ0) is 17.1. The van der Waals surface area contributed by atoms with Gasteiger partial charge in [0.05, 0.1) is 12.2 Å². The lowest BCUT2D eigenvalue weighted by Crippen LogP contribution is -2.38. The van der Waals surface area contributed by atoms with Gasteiger partial charge in [-0.2, -0.15) is 10.2 Å². The number of aromatic amines is 1. The summed E-state index contributed by atoms with van der Waals surface area (Å²) in [6, 6.07) is 8.23. The lowest BCUT2D eigenvalue weighted by molar-refractivity contribution is 0.0921. The van der Waals surface area contributed by atoms with Crippen LogP contribution in [0.5, 0.6) is 0 Å². The van der Waals surface area contributed by atoms with E-state index in [9.17, 15) is 4.79 Å². The zero-order valence-electron chi connectivity index (χ0n) is 13.8. The smallest absolute Gasteiger partial charge is 0.251 e. The fraction of sp³-hybridized carbons (Fsp3) is 0.333. The maximum atomic E-state index is 12.6. The molecule has 1 saturated carbocycles. The molecule has 1 fully saturated rings. The van der Waals surface area contributed by atoms with Crippen LogP contribution in [0, 0.1) is 0 Å². The van der Waals surface area contributed by atoms with E-state index >= 15 is 0 Å². The second-order valence-corrected chi connectivity index (χ2v) is 6.42. The molecule has 0 atom stereocenters. The Morgan fingerprint density at radius 1 is 1.20 bits per heavy atom. The van der Waals surface area contributed by atoms with Gasteiger partial charge in [0.25, 0.3) is 5.91 Å². The Bertz CT molecular complexity index is 819. The van der Waals surface area contributed by atoms with Crippen molar-refractivity contribution in [2.75, 3.05) is 0 Å². The summed E-state index contributed by atoms with van der Waals surface area (Å²) in [5.41, 5.74) is 2.64. The first-order chi connectivity index (χ1) is 12.3. The molecule has 128 valence electrons. The standard InChI is InChI=1S/C18H20N6O/c25-18(14-3-1-2-13(8-14)15-9-20-21-10-15)23-16-4-6-17(7-5-16)24-12-19-11-22-24/h1-3,8-12,16-17H,4-7H2,(H,20,21)(H,23,25). The first-order valence-corrected chi connectivity index (χ1v) is 8.54. The molecule has 0 unspecified atom stereocenters. The van der Waals surface area contributed by atoms with Crippen LogP contribution < -0.4 is 5.32 Å². The minimum Gasteiger partial charge on any atom is -0.349 e. The van der Waals surface area contributed by atoms with Crippen LogP contribution in [-0.4, -0.2) is 36.9 Å². The van der Waals surface area contributed by atoms with E-state index in [1.165, 1.54) is 0 Å². The molecule has 0 bridgehead atoms. The van der Waals surface area contributed by atoms with Crippen molar-refractivity contribution in [2.45, 2.75) is 37.8 Å². The number of nitrogens with zero attached hydrogens (tertiary/aromatic N) is 4. The van der Waals surface area contributed by atoms with Crippen molar-refractivity contribution >= 4 is 5.91 Å². The number of carbonyl (C=O) groups excluding carboxylic acids is 1. The molecule has 25 heavy (non-hydrogen) atoms. The Hall–Kier alpha value is -2.96. The maximum Gasteiger partial charge on any atom is 0.251 e. The molecule has 1 aliphatic rings. The molecule has 2 aromatic heterocycles. The first kappa shape index (κ1) is 15.6. The van der Waals surface area contributed by atoms with Gasteiger partial charge in [0.15, 0.2) is 0 Å². The molecular formula is C18H20N6O. The highest BCUT2D eigenvalue weighted by Crippen LogP contribution is 2.28. The number of nitrogens with one attached hydrogen (secondary N) is 2. The van der Waals surface area contributed by atoms with E-state index in [0.717, 1.165) is 36.8 Å². The van der Waals surface area contributed by atoms with Crippen molar-refractivity contribution in [2.24, 2.45) is 0 Å². The third kappa shape index (κ3) is 3.45. The molecule has 1 aromatic carbocycles. The average molecular weight is 336 g/mol. The second-order valence-electron chi connectivity index (χ2n) is 6.42. The van der Waals surface area contributed by atoms with Gasteiger partial charge in [0, 0.05) is 23.4 Å². The molecule has 7 nitrogen and oxygen atoms in total. The van der Waals surface area contributed by atoms with Crippen LogP contribution in [0.2, 0.25) is 0 Å². The Labute approximate surface area is 145 Å². The van der Waals surface area contributed by atoms with Crippen LogP contribution in [0.1, 0.15) is 42.1 Å². The van der Waals surface area contributed by atoms with Gasteiger partial charge in [-0.05, 0) is 43.4 Å². The van der Waals surface area contributed by atoms with E-state index in [-0.39, 0.29) is 11.9 Å². The Kier molecular flexibility index (Phi) is 4.28. The summed E-state index contributed by atoms with van der Waals surface area (Å²) in [6.45, 7) is 0. The van der Waals surface area contributed by atoms with Gasteiger partial charge in [-0.15, -0.1) is 0 Å². The van der Waals surface area contributed by atoms with Gasteiger partial charge in [-0.25, -0.2) is 9.67 Å². The number of hydrogen-bond acceptors (Lipinski definition) is 4. The zero-order valence-corrected chi connectivity index (χ0v) is 13.8. The Morgan fingerprint density at radius 3 is 2.80 bits per heavy atom. The molecule has 2 N–H and O–H groups in total. The number of hydrogen-bond donors (Lipinski definition) is 2. The summed E-state index contributed by atoms with van der Waals surface area (Å²) in [6.07, 6.45) is 10.8. The fourth-order valence-corrected chi connectivity index (χ4v) is 3.41. The van der Waals surface area contributed by atoms with Gasteiger partial charge < -0.3 is 5.32 Å². The van der Waals surface area contributed by atoms with Crippen LogP contribution >= 0.6 is 0 Å². The van der Waals surface area contributed by atoms with E-state index in [4.69, 9.17) is 0 Å². The molecule has 1 amide bonds. The van der Waals surface area contributed by atoms with E-state index in [1.54, 1.807) is 18.9 Å². The summed E-state index contributed by atoms with van der Waals surface area (Å²) in [7, 11) is 0. The molecule has 0 saturated heterocycles. The monoisotopic (exact) mass is 336 g/mol. The molecule has 0 spiro atoms. The number of aromatic nitrogens is 5. The largest absolute Gasteiger partial charge is 0.349 e. The van der Waals surface area contributed by atoms with Crippen LogP contribution in [-0.2, 0) is 0 Å². The van der Waals surface area contributed by atoms with Gasteiger partial charge in [-0.3, -0.25) is 9.89 Å². The van der Waals surface area contributed by atoms with Crippen molar-refractivity contribution in [1.29, 1.82) is 0 Å². The van der Waals surface area contributed by atoms with Gasteiger partial charge in [0.2, 0.25) is 0 Å². The molecule has 0 aliphatic heterocycles. The highest BCUT2D eigenvalue weighted by molar-refractivity contribution is 5.95. The predicted molar refractivity (Wildman–Crippen MR) is 92.8 cm³/mol.